The first kappa shape index (κ1) is 19.6. The summed E-state index contributed by atoms with van der Waals surface area (Å²) in [7, 11) is 0. The lowest BCUT2D eigenvalue weighted by Crippen LogP contribution is -2.55. The average molecular weight is 403 g/mol. The molecule has 0 saturated carbocycles. The molecule has 28 heavy (non-hydrogen) atoms. The molecule has 2 heterocycles. The number of hydrogen-bond acceptors (Lipinski definition) is 5. The van der Waals surface area contributed by atoms with E-state index < -0.39 is 17.7 Å². The van der Waals surface area contributed by atoms with E-state index in [2.05, 4.69) is 10.3 Å². The molecule has 0 aliphatic carbocycles. The standard InChI is InChI=1S/C19H19ClN4O4/c1-2-23-9-10-24(19(27)18(23)26)12-16(25)22-14-5-8-17(21-11-14)28-15-6-3-13(20)4-7-15/h3-8,11H,2,9-10,12H2,1H3,(H,22,25). The summed E-state index contributed by atoms with van der Waals surface area (Å²) in [6.45, 7) is 2.84. The number of pyridine rings is 1. The van der Waals surface area contributed by atoms with Crippen LogP contribution in [0.15, 0.2) is 42.6 Å². The molecule has 8 nitrogen and oxygen atoms in total. The number of likely N-dealkylation sites (N-methyl/N-ethyl adjacent to an activating group) is 1. The monoisotopic (exact) mass is 402 g/mol. The summed E-state index contributed by atoms with van der Waals surface area (Å²) in [5.74, 6) is -0.695. The van der Waals surface area contributed by atoms with Crippen LogP contribution in [0.25, 0.3) is 0 Å². The van der Waals surface area contributed by atoms with Crippen molar-refractivity contribution in [2.75, 3.05) is 31.5 Å². The van der Waals surface area contributed by atoms with Gasteiger partial charge in [0.05, 0.1) is 11.9 Å². The number of halogens is 1. The van der Waals surface area contributed by atoms with E-state index in [0.717, 1.165) is 0 Å². The second kappa shape index (κ2) is 8.71. The third-order valence-electron chi connectivity index (χ3n) is 4.17. The Morgan fingerprint density at radius 3 is 2.43 bits per heavy atom. The lowest BCUT2D eigenvalue weighted by atomic mass is 10.3. The first-order valence-electron chi connectivity index (χ1n) is 8.73. The fourth-order valence-electron chi connectivity index (χ4n) is 2.68. The third-order valence-corrected chi connectivity index (χ3v) is 4.42. The zero-order chi connectivity index (χ0) is 20.1. The number of aromatic nitrogens is 1. The number of nitrogens with one attached hydrogen (secondary N) is 1. The number of ether oxygens (including phenoxy) is 1. The topological polar surface area (TPSA) is 91.8 Å². The molecule has 1 aliphatic rings. The van der Waals surface area contributed by atoms with E-state index in [1.165, 1.54) is 16.0 Å². The average Bonchev–Trinajstić information content (AvgIpc) is 2.69. The molecule has 0 radical (unpaired) electrons. The Morgan fingerprint density at radius 2 is 1.79 bits per heavy atom. The van der Waals surface area contributed by atoms with E-state index in [9.17, 15) is 14.4 Å². The maximum atomic E-state index is 12.2. The van der Waals surface area contributed by atoms with Gasteiger partial charge in [-0.05, 0) is 37.3 Å². The molecule has 1 aromatic heterocycles. The molecule has 146 valence electrons. The highest BCUT2D eigenvalue weighted by Gasteiger charge is 2.32. The van der Waals surface area contributed by atoms with Gasteiger partial charge in [0.1, 0.15) is 12.3 Å². The van der Waals surface area contributed by atoms with E-state index in [1.54, 1.807) is 43.3 Å². The number of nitrogens with zero attached hydrogens (tertiary/aromatic N) is 3. The molecule has 0 bridgehead atoms. The highest BCUT2D eigenvalue weighted by atomic mass is 35.5. The molecule has 9 heteroatoms. The maximum absolute atomic E-state index is 12.2. The molecule has 1 aliphatic heterocycles. The zero-order valence-corrected chi connectivity index (χ0v) is 16.0. The van der Waals surface area contributed by atoms with Crippen LogP contribution in [0.3, 0.4) is 0 Å². The van der Waals surface area contributed by atoms with Crippen molar-refractivity contribution < 1.29 is 19.1 Å². The summed E-state index contributed by atoms with van der Waals surface area (Å²) in [5.41, 5.74) is 0.458. The van der Waals surface area contributed by atoms with Crippen molar-refractivity contribution in [3.8, 4) is 11.6 Å². The second-order valence-electron chi connectivity index (χ2n) is 6.10. The highest BCUT2D eigenvalue weighted by molar-refractivity contribution is 6.35. The molecule has 1 N–H and O–H groups in total. The van der Waals surface area contributed by atoms with E-state index in [1.807, 2.05) is 0 Å². The number of piperazine rings is 1. The van der Waals surface area contributed by atoms with Gasteiger partial charge in [-0.15, -0.1) is 0 Å². The van der Waals surface area contributed by atoms with Crippen LogP contribution in [0.4, 0.5) is 5.69 Å². The fourth-order valence-corrected chi connectivity index (χ4v) is 2.81. The molecular formula is C19H19ClN4O4. The molecule has 1 fully saturated rings. The maximum Gasteiger partial charge on any atom is 0.312 e. The molecule has 3 rings (SSSR count). The number of carbonyl (C=O) groups excluding carboxylic acids is 3. The van der Waals surface area contributed by atoms with Gasteiger partial charge >= 0.3 is 11.8 Å². The van der Waals surface area contributed by atoms with Crippen molar-refractivity contribution in [2.45, 2.75) is 6.92 Å². The van der Waals surface area contributed by atoms with Crippen molar-refractivity contribution in [1.29, 1.82) is 0 Å². The number of anilines is 1. The summed E-state index contributed by atoms with van der Waals surface area (Å²) >= 11 is 5.83. The van der Waals surface area contributed by atoms with Crippen LogP contribution in [-0.4, -0.2) is 58.7 Å². The van der Waals surface area contributed by atoms with Crippen LogP contribution in [0.2, 0.25) is 5.02 Å². The molecular weight excluding hydrogens is 384 g/mol. The minimum atomic E-state index is -0.659. The Kier molecular flexibility index (Phi) is 6.10. The van der Waals surface area contributed by atoms with Crippen LogP contribution < -0.4 is 10.1 Å². The Hall–Kier alpha value is -3.13. The van der Waals surface area contributed by atoms with E-state index in [-0.39, 0.29) is 6.54 Å². The van der Waals surface area contributed by atoms with Crippen LogP contribution >= 0.6 is 11.6 Å². The molecule has 0 unspecified atom stereocenters. The minimum absolute atomic E-state index is 0.189. The number of benzene rings is 1. The molecule has 3 amide bonds. The smallest absolute Gasteiger partial charge is 0.312 e. The van der Waals surface area contributed by atoms with E-state index >= 15 is 0 Å². The second-order valence-corrected chi connectivity index (χ2v) is 6.54. The van der Waals surface area contributed by atoms with Gasteiger partial charge in [0.15, 0.2) is 0 Å². The van der Waals surface area contributed by atoms with Crippen molar-refractivity contribution in [3.05, 3.63) is 47.6 Å². The normalized spacial score (nSPS) is 14.2. The van der Waals surface area contributed by atoms with Crippen molar-refractivity contribution in [1.82, 2.24) is 14.8 Å². The summed E-state index contributed by atoms with van der Waals surface area (Å²) in [6.07, 6.45) is 1.45. The van der Waals surface area contributed by atoms with Gasteiger partial charge in [-0.25, -0.2) is 4.98 Å². The number of rotatable bonds is 6. The summed E-state index contributed by atoms with van der Waals surface area (Å²) in [5, 5.41) is 3.26. The van der Waals surface area contributed by atoms with Gasteiger partial charge in [-0.2, -0.15) is 0 Å². The largest absolute Gasteiger partial charge is 0.439 e. The molecule has 2 aromatic rings. The molecule has 0 atom stereocenters. The van der Waals surface area contributed by atoms with Gasteiger partial charge in [-0.1, -0.05) is 11.6 Å². The van der Waals surface area contributed by atoms with Crippen LogP contribution in [0, 0.1) is 0 Å². The minimum Gasteiger partial charge on any atom is -0.439 e. The van der Waals surface area contributed by atoms with Crippen LogP contribution in [-0.2, 0) is 14.4 Å². The van der Waals surface area contributed by atoms with Crippen LogP contribution in [0.5, 0.6) is 11.6 Å². The van der Waals surface area contributed by atoms with E-state index in [4.69, 9.17) is 16.3 Å². The van der Waals surface area contributed by atoms with Gasteiger partial charge in [0.2, 0.25) is 11.8 Å². The number of carbonyl (C=O) groups is 3. The van der Waals surface area contributed by atoms with Gasteiger partial charge in [0.25, 0.3) is 0 Å². The quantitative estimate of drug-likeness (QED) is 0.747. The zero-order valence-electron chi connectivity index (χ0n) is 15.2. The lowest BCUT2D eigenvalue weighted by Gasteiger charge is -2.32. The Labute approximate surface area is 167 Å². The summed E-state index contributed by atoms with van der Waals surface area (Å²) in [6, 6.07) is 10.1. The first-order valence-corrected chi connectivity index (χ1v) is 9.11. The first-order chi connectivity index (χ1) is 13.5. The van der Waals surface area contributed by atoms with Crippen molar-refractivity contribution >= 4 is 35.0 Å². The predicted octanol–water partition coefficient (Wildman–Crippen LogP) is 2.16. The molecule has 1 aromatic carbocycles. The lowest BCUT2D eigenvalue weighted by molar-refractivity contribution is -0.156. The van der Waals surface area contributed by atoms with Gasteiger partial charge in [0, 0.05) is 30.7 Å². The third kappa shape index (κ3) is 4.77. The van der Waals surface area contributed by atoms with E-state index in [0.29, 0.717) is 42.0 Å². The fraction of sp³-hybridized carbons (Fsp3) is 0.263. The molecule has 1 saturated heterocycles. The number of hydrogen-bond donors (Lipinski definition) is 1. The Bertz CT molecular complexity index is 871. The van der Waals surface area contributed by atoms with Gasteiger partial charge < -0.3 is 19.9 Å². The summed E-state index contributed by atoms with van der Waals surface area (Å²) < 4.78 is 5.58. The Morgan fingerprint density at radius 1 is 1.11 bits per heavy atom. The molecule has 0 spiro atoms. The van der Waals surface area contributed by atoms with Gasteiger partial charge in [-0.3, -0.25) is 14.4 Å². The van der Waals surface area contributed by atoms with Crippen molar-refractivity contribution in [2.24, 2.45) is 0 Å². The predicted molar refractivity (Wildman–Crippen MR) is 103 cm³/mol. The SMILES string of the molecule is CCN1CCN(CC(=O)Nc2ccc(Oc3ccc(Cl)cc3)nc2)C(=O)C1=O. The number of amides is 3. The highest BCUT2D eigenvalue weighted by Crippen LogP contribution is 2.22. The van der Waals surface area contributed by atoms with Crippen molar-refractivity contribution in [3.63, 3.8) is 0 Å². The Balaban J connectivity index is 1.54. The van der Waals surface area contributed by atoms with Crippen LogP contribution in [0.1, 0.15) is 6.92 Å². The summed E-state index contributed by atoms with van der Waals surface area (Å²) in [4.78, 5) is 43.0.